The molecule has 1 aromatic heterocycles. The average molecular weight is 262 g/mol. The van der Waals surface area contributed by atoms with Crippen LogP contribution in [0.5, 0.6) is 0 Å². The largest absolute Gasteiger partial charge is 0.292 e. The van der Waals surface area contributed by atoms with Crippen molar-refractivity contribution >= 4 is 15.8 Å². The van der Waals surface area contributed by atoms with Gasteiger partial charge in [-0.25, -0.2) is 4.98 Å². The highest BCUT2D eigenvalue weighted by Gasteiger charge is 2.11. The van der Waals surface area contributed by atoms with E-state index < -0.39 is 10.3 Å². The summed E-state index contributed by atoms with van der Waals surface area (Å²) < 4.78 is 23.1. The number of aromatic nitrogens is 2. The van der Waals surface area contributed by atoms with Crippen molar-refractivity contribution in [2.45, 2.75) is 20.8 Å². The van der Waals surface area contributed by atoms with Gasteiger partial charge < -0.3 is 0 Å². The van der Waals surface area contributed by atoms with Gasteiger partial charge in [0.05, 0.1) is 0 Å². The van der Waals surface area contributed by atoms with Gasteiger partial charge in [0, 0.05) is 18.0 Å². The van der Waals surface area contributed by atoms with Crippen LogP contribution in [-0.4, -0.2) is 23.5 Å². The second kappa shape index (κ2) is 4.78. The summed E-state index contributed by atoms with van der Waals surface area (Å²) in [6.07, 6.45) is 3.22. The Kier molecular flexibility index (Phi) is 3.34. The summed E-state index contributed by atoms with van der Waals surface area (Å²) in [6, 6.07) is 4.13. The number of nitrogens with zero attached hydrogens (tertiary/aromatic N) is 2. The van der Waals surface area contributed by atoms with Gasteiger partial charge in [-0.05, 0) is 31.9 Å². The van der Waals surface area contributed by atoms with E-state index in [0.29, 0.717) is 5.82 Å². The summed E-state index contributed by atoms with van der Waals surface area (Å²) in [4.78, 5) is 4.25. The number of imidazole rings is 1. The topological polar surface area (TPSA) is 52.0 Å². The lowest BCUT2D eigenvalue weighted by molar-refractivity contribution is 0.627. The summed E-state index contributed by atoms with van der Waals surface area (Å²) in [5.74, 6) is 0.647. The first-order valence-electron chi connectivity index (χ1n) is 5.53. The van der Waals surface area contributed by atoms with E-state index in [9.17, 15) is 8.42 Å². The van der Waals surface area contributed by atoms with Gasteiger partial charge in [0.1, 0.15) is 11.3 Å². The number of benzene rings is 1. The average Bonchev–Trinajstić information content (AvgIpc) is 2.63. The molecule has 1 aromatic carbocycles. The highest BCUT2D eigenvalue weighted by atomic mass is 32.2. The molecule has 0 aliphatic carbocycles. The zero-order valence-corrected chi connectivity index (χ0v) is 11.3. The van der Waals surface area contributed by atoms with Crippen molar-refractivity contribution in [2.24, 2.45) is 0 Å². The van der Waals surface area contributed by atoms with Crippen molar-refractivity contribution in [1.82, 2.24) is 9.55 Å². The van der Waals surface area contributed by atoms with Crippen LogP contribution in [0.3, 0.4) is 0 Å². The highest BCUT2D eigenvalue weighted by molar-refractivity contribution is 7.71. The van der Waals surface area contributed by atoms with Gasteiger partial charge in [0.15, 0.2) is 0 Å². The second-order valence-electron chi connectivity index (χ2n) is 4.30. The molecule has 0 bridgehead atoms. The minimum atomic E-state index is -2.25. The standard InChI is InChI=1S/C13H14N2O2S/c1-9-6-10(2)12(11(3)7-9)13-14-4-5-15(13)8-18(16)17/h4-8H,1-3H3. The van der Waals surface area contributed by atoms with E-state index in [4.69, 9.17) is 0 Å². The smallest absolute Gasteiger partial charge is 0.231 e. The Morgan fingerprint density at radius 1 is 1.17 bits per heavy atom. The van der Waals surface area contributed by atoms with Crippen molar-refractivity contribution in [3.8, 4) is 11.4 Å². The Morgan fingerprint density at radius 3 is 2.33 bits per heavy atom. The Hall–Kier alpha value is -1.88. The van der Waals surface area contributed by atoms with Crippen LogP contribution in [0.2, 0.25) is 0 Å². The van der Waals surface area contributed by atoms with E-state index >= 15 is 0 Å². The van der Waals surface area contributed by atoms with Crippen molar-refractivity contribution in [3.05, 3.63) is 41.2 Å². The van der Waals surface area contributed by atoms with Gasteiger partial charge >= 0.3 is 0 Å². The third-order valence-electron chi connectivity index (χ3n) is 2.77. The molecule has 0 aliphatic rings. The Bertz CT molecular complexity index is 696. The van der Waals surface area contributed by atoms with Gasteiger partial charge in [0.25, 0.3) is 0 Å². The number of hydrogen-bond acceptors (Lipinski definition) is 3. The van der Waals surface area contributed by atoms with Crippen LogP contribution in [0.25, 0.3) is 11.4 Å². The monoisotopic (exact) mass is 262 g/mol. The SMILES string of the molecule is Cc1cc(C)c(-c2nccn2C=S(=O)=O)c(C)c1. The third-order valence-corrected chi connectivity index (χ3v) is 3.17. The van der Waals surface area contributed by atoms with Crippen LogP contribution in [0.15, 0.2) is 24.5 Å². The van der Waals surface area contributed by atoms with E-state index in [0.717, 1.165) is 22.2 Å². The van der Waals surface area contributed by atoms with E-state index in [-0.39, 0.29) is 0 Å². The maximum atomic E-state index is 10.8. The van der Waals surface area contributed by atoms with Gasteiger partial charge in [-0.15, -0.1) is 0 Å². The molecule has 0 radical (unpaired) electrons. The molecule has 0 spiro atoms. The van der Waals surface area contributed by atoms with E-state index in [1.54, 1.807) is 12.4 Å². The molecular formula is C13H14N2O2S. The number of hydrogen-bond donors (Lipinski definition) is 0. The van der Waals surface area contributed by atoms with Gasteiger partial charge in [-0.3, -0.25) is 4.57 Å². The van der Waals surface area contributed by atoms with E-state index in [2.05, 4.69) is 17.1 Å². The lowest BCUT2D eigenvalue weighted by atomic mass is 9.99. The van der Waals surface area contributed by atoms with Crippen LogP contribution in [0, 0.1) is 20.8 Å². The molecule has 5 heteroatoms. The molecular weight excluding hydrogens is 248 g/mol. The minimum absolute atomic E-state index is 0.647. The van der Waals surface area contributed by atoms with Crippen molar-refractivity contribution in [3.63, 3.8) is 0 Å². The first-order chi connectivity index (χ1) is 8.49. The summed E-state index contributed by atoms with van der Waals surface area (Å²) >= 11 is 0. The number of rotatable bonds is 2. The second-order valence-corrected chi connectivity index (χ2v) is 5.03. The fourth-order valence-corrected chi connectivity index (χ4v) is 2.57. The summed E-state index contributed by atoms with van der Waals surface area (Å²) in [5, 5.41) is 0. The van der Waals surface area contributed by atoms with Gasteiger partial charge in [0.2, 0.25) is 10.3 Å². The zero-order valence-electron chi connectivity index (χ0n) is 10.5. The molecule has 0 fully saturated rings. The van der Waals surface area contributed by atoms with Crippen molar-refractivity contribution < 1.29 is 8.42 Å². The van der Waals surface area contributed by atoms with Crippen LogP contribution >= 0.6 is 0 Å². The van der Waals surface area contributed by atoms with Gasteiger partial charge in [-0.2, -0.15) is 8.42 Å². The predicted octanol–water partition coefficient (Wildman–Crippen LogP) is 1.96. The molecule has 94 valence electrons. The maximum absolute atomic E-state index is 10.8. The van der Waals surface area contributed by atoms with Crippen LogP contribution in [-0.2, 0) is 10.3 Å². The molecule has 0 unspecified atom stereocenters. The molecule has 0 saturated heterocycles. The fourth-order valence-electron chi connectivity index (χ4n) is 2.22. The van der Waals surface area contributed by atoms with Crippen LogP contribution in [0.1, 0.15) is 16.7 Å². The highest BCUT2D eigenvalue weighted by Crippen LogP contribution is 2.26. The molecule has 2 rings (SSSR count). The normalized spacial score (nSPS) is 10.4. The molecule has 0 aliphatic heterocycles. The lowest BCUT2D eigenvalue weighted by Gasteiger charge is -2.10. The first-order valence-corrected chi connectivity index (χ1v) is 6.67. The van der Waals surface area contributed by atoms with Crippen LogP contribution in [0.4, 0.5) is 0 Å². The quantitative estimate of drug-likeness (QED) is 0.777. The molecule has 0 saturated carbocycles. The fraction of sp³-hybridized carbons (Fsp3) is 0.231. The molecule has 0 N–H and O–H groups in total. The molecule has 4 nitrogen and oxygen atoms in total. The number of aryl methyl sites for hydroxylation is 3. The minimum Gasteiger partial charge on any atom is -0.292 e. The van der Waals surface area contributed by atoms with Crippen LogP contribution < -0.4 is 0 Å². The molecule has 0 atom stereocenters. The summed E-state index contributed by atoms with van der Waals surface area (Å²) in [6.45, 7) is 6.04. The Labute approximate surface area is 107 Å². The molecule has 2 aromatic rings. The first kappa shape index (κ1) is 12.6. The molecule has 18 heavy (non-hydrogen) atoms. The maximum Gasteiger partial charge on any atom is 0.231 e. The summed E-state index contributed by atoms with van der Waals surface area (Å²) in [5.41, 5.74) is 5.45. The predicted molar refractivity (Wildman–Crippen MR) is 72.3 cm³/mol. The molecule has 0 amide bonds. The Morgan fingerprint density at radius 2 is 1.78 bits per heavy atom. The summed E-state index contributed by atoms with van der Waals surface area (Å²) in [7, 11) is -2.25. The Balaban J connectivity index is 2.71. The van der Waals surface area contributed by atoms with Crippen molar-refractivity contribution in [2.75, 3.05) is 0 Å². The van der Waals surface area contributed by atoms with E-state index in [1.807, 2.05) is 20.8 Å². The van der Waals surface area contributed by atoms with Gasteiger partial charge in [-0.1, -0.05) is 17.7 Å². The van der Waals surface area contributed by atoms with E-state index in [1.165, 1.54) is 10.1 Å². The van der Waals surface area contributed by atoms with Crippen molar-refractivity contribution in [1.29, 1.82) is 0 Å². The molecule has 1 heterocycles. The zero-order chi connectivity index (χ0) is 13.3. The lowest BCUT2D eigenvalue weighted by Crippen LogP contribution is -2.01. The third kappa shape index (κ3) is 2.36.